The molecule has 2 N–H and O–H groups in total. The van der Waals surface area contributed by atoms with E-state index in [1.807, 2.05) is 49.8 Å². The molecule has 0 saturated heterocycles. The highest BCUT2D eigenvalue weighted by atomic mass is 15.1. The zero-order valence-electron chi connectivity index (χ0n) is 14.1. The maximum atomic E-state index is 4.76. The first kappa shape index (κ1) is 15.4. The smallest absolute Gasteiger partial charge is 0.163 e. The van der Waals surface area contributed by atoms with Gasteiger partial charge in [0.15, 0.2) is 5.82 Å². The Kier molecular flexibility index (Phi) is 4.16. The van der Waals surface area contributed by atoms with Gasteiger partial charge in [0.2, 0.25) is 0 Å². The van der Waals surface area contributed by atoms with E-state index in [1.165, 1.54) is 0 Å². The summed E-state index contributed by atoms with van der Waals surface area (Å²) in [4.78, 5) is 16.8. The van der Waals surface area contributed by atoms with E-state index in [2.05, 4.69) is 30.9 Å². The van der Waals surface area contributed by atoms with Crippen molar-refractivity contribution in [1.82, 2.24) is 24.5 Å². The number of aromatic nitrogens is 5. The molecule has 0 aliphatic carbocycles. The van der Waals surface area contributed by atoms with Gasteiger partial charge >= 0.3 is 0 Å². The van der Waals surface area contributed by atoms with E-state index < -0.39 is 0 Å². The van der Waals surface area contributed by atoms with Crippen molar-refractivity contribution in [2.45, 2.75) is 19.9 Å². The molecule has 3 heterocycles. The minimum Gasteiger partial charge on any atom is -0.369 e. The lowest BCUT2D eigenvalue weighted by Crippen LogP contribution is -2.08. The van der Waals surface area contributed by atoms with Crippen molar-refractivity contribution in [3.05, 3.63) is 60.8 Å². The number of H-pyrrole nitrogens is 1. The Morgan fingerprint density at radius 2 is 2.04 bits per heavy atom. The zero-order valence-corrected chi connectivity index (χ0v) is 14.1. The van der Waals surface area contributed by atoms with E-state index in [1.54, 1.807) is 6.20 Å². The van der Waals surface area contributed by atoms with Crippen molar-refractivity contribution in [3.63, 3.8) is 0 Å². The molecule has 0 radical (unpaired) electrons. The van der Waals surface area contributed by atoms with Crippen LogP contribution < -0.4 is 5.32 Å². The van der Waals surface area contributed by atoms with Crippen molar-refractivity contribution in [1.29, 1.82) is 0 Å². The number of aromatic amines is 1. The number of hydrogen-bond acceptors (Lipinski definition) is 4. The molecule has 0 bridgehead atoms. The fraction of sp³-hybridized carbons (Fsp3) is 0.211. The fourth-order valence-corrected chi connectivity index (χ4v) is 2.88. The Bertz CT molecular complexity index is 956. The van der Waals surface area contributed by atoms with Crippen LogP contribution in [0.4, 0.5) is 5.82 Å². The maximum Gasteiger partial charge on any atom is 0.163 e. The van der Waals surface area contributed by atoms with Crippen LogP contribution in [0.2, 0.25) is 0 Å². The van der Waals surface area contributed by atoms with Crippen LogP contribution in [-0.4, -0.2) is 31.0 Å². The van der Waals surface area contributed by atoms with Crippen LogP contribution in [-0.2, 0) is 6.54 Å². The zero-order chi connectivity index (χ0) is 17.1. The highest BCUT2D eigenvalue weighted by Gasteiger charge is 2.11. The number of benzene rings is 1. The van der Waals surface area contributed by atoms with Crippen LogP contribution in [0.15, 0.2) is 55.1 Å². The molecule has 0 spiro atoms. The highest BCUT2D eigenvalue weighted by molar-refractivity contribution is 5.89. The van der Waals surface area contributed by atoms with Gasteiger partial charge in [0, 0.05) is 36.7 Å². The molecule has 25 heavy (non-hydrogen) atoms. The van der Waals surface area contributed by atoms with Crippen LogP contribution in [0, 0.1) is 6.92 Å². The number of nitrogens with one attached hydrogen (secondary N) is 2. The standard InChI is InChI=1S/C19H20N6/c1-14-12-16-18(21-8-5-10-25-11-9-20-13-25)23-17(24-19(16)22-14)15-6-3-2-4-7-15/h2-4,6-7,9,11-13H,5,8,10H2,1H3,(H2,21,22,23,24). The highest BCUT2D eigenvalue weighted by Crippen LogP contribution is 2.25. The molecule has 6 heteroatoms. The molecule has 1 aromatic carbocycles. The molecular weight excluding hydrogens is 312 g/mol. The molecule has 4 rings (SSSR count). The molecule has 4 aromatic rings. The first-order chi connectivity index (χ1) is 12.3. The second-order valence-electron chi connectivity index (χ2n) is 6.06. The molecule has 0 saturated carbocycles. The lowest BCUT2D eigenvalue weighted by atomic mass is 10.2. The van der Waals surface area contributed by atoms with Gasteiger partial charge in [-0.25, -0.2) is 15.0 Å². The predicted octanol–water partition coefficient (Wildman–Crippen LogP) is 3.63. The summed E-state index contributed by atoms with van der Waals surface area (Å²) in [5.41, 5.74) is 2.96. The van der Waals surface area contributed by atoms with Crippen molar-refractivity contribution >= 4 is 16.9 Å². The van der Waals surface area contributed by atoms with Gasteiger partial charge in [-0.15, -0.1) is 0 Å². The van der Waals surface area contributed by atoms with Crippen LogP contribution >= 0.6 is 0 Å². The number of rotatable bonds is 6. The average molecular weight is 332 g/mol. The summed E-state index contributed by atoms with van der Waals surface area (Å²) < 4.78 is 2.08. The average Bonchev–Trinajstić information content (AvgIpc) is 3.27. The summed E-state index contributed by atoms with van der Waals surface area (Å²) in [6.07, 6.45) is 6.61. The van der Waals surface area contributed by atoms with E-state index in [4.69, 9.17) is 4.98 Å². The van der Waals surface area contributed by atoms with Gasteiger partial charge in [-0.05, 0) is 19.4 Å². The number of nitrogens with zero attached hydrogens (tertiary/aromatic N) is 4. The molecule has 0 aliphatic heterocycles. The lowest BCUT2D eigenvalue weighted by Gasteiger charge is -2.09. The summed E-state index contributed by atoms with van der Waals surface area (Å²) in [7, 11) is 0. The SMILES string of the molecule is Cc1cc2c(NCCCn3ccnc3)nc(-c3ccccc3)nc2[nH]1. The van der Waals surface area contributed by atoms with E-state index in [9.17, 15) is 0 Å². The van der Waals surface area contributed by atoms with Crippen molar-refractivity contribution < 1.29 is 0 Å². The van der Waals surface area contributed by atoms with Gasteiger partial charge in [-0.2, -0.15) is 0 Å². The molecule has 3 aromatic heterocycles. The predicted molar refractivity (Wildman–Crippen MR) is 99.4 cm³/mol. The number of anilines is 1. The monoisotopic (exact) mass is 332 g/mol. The van der Waals surface area contributed by atoms with E-state index in [0.717, 1.165) is 53.4 Å². The number of hydrogen-bond donors (Lipinski definition) is 2. The van der Waals surface area contributed by atoms with Crippen molar-refractivity contribution in [3.8, 4) is 11.4 Å². The molecule has 126 valence electrons. The van der Waals surface area contributed by atoms with Crippen LogP contribution in [0.1, 0.15) is 12.1 Å². The second-order valence-corrected chi connectivity index (χ2v) is 6.06. The largest absolute Gasteiger partial charge is 0.369 e. The summed E-state index contributed by atoms with van der Waals surface area (Å²) >= 11 is 0. The van der Waals surface area contributed by atoms with E-state index >= 15 is 0 Å². The Morgan fingerprint density at radius 3 is 2.84 bits per heavy atom. The molecule has 6 nitrogen and oxygen atoms in total. The molecule has 0 fully saturated rings. The van der Waals surface area contributed by atoms with Crippen LogP contribution in [0.3, 0.4) is 0 Å². The van der Waals surface area contributed by atoms with Crippen LogP contribution in [0.25, 0.3) is 22.4 Å². The summed E-state index contributed by atoms with van der Waals surface area (Å²) in [5.74, 6) is 1.60. The topological polar surface area (TPSA) is 71.4 Å². The Balaban J connectivity index is 1.57. The molecule has 0 atom stereocenters. The third-order valence-corrected chi connectivity index (χ3v) is 4.10. The second kappa shape index (κ2) is 6.76. The van der Waals surface area contributed by atoms with Gasteiger partial charge < -0.3 is 14.9 Å². The molecular formula is C19H20N6. The minimum absolute atomic E-state index is 0.729. The van der Waals surface area contributed by atoms with Gasteiger partial charge in [-0.1, -0.05) is 30.3 Å². The van der Waals surface area contributed by atoms with Gasteiger partial charge in [-0.3, -0.25) is 0 Å². The van der Waals surface area contributed by atoms with E-state index in [0.29, 0.717) is 0 Å². The third kappa shape index (κ3) is 3.38. The minimum atomic E-state index is 0.729. The number of imidazole rings is 1. The third-order valence-electron chi connectivity index (χ3n) is 4.10. The molecule has 0 unspecified atom stereocenters. The van der Waals surface area contributed by atoms with Crippen molar-refractivity contribution in [2.24, 2.45) is 0 Å². The fourth-order valence-electron chi connectivity index (χ4n) is 2.88. The number of aryl methyl sites for hydroxylation is 2. The first-order valence-electron chi connectivity index (χ1n) is 8.42. The van der Waals surface area contributed by atoms with Gasteiger partial charge in [0.25, 0.3) is 0 Å². The summed E-state index contributed by atoms with van der Waals surface area (Å²) in [6, 6.07) is 12.1. The number of fused-ring (bicyclic) bond motifs is 1. The first-order valence-corrected chi connectivity index (χ1v) is 8.42. The van der Waals surface area contributed by atoms with Gasteiger partial charge in [0.05, 0.1) is 11.7 Å². The van der Waals surface area contributed by atoms with Crippen molar-refractivity contribution in [2.75, 3.05) is 11.9 Å². The Labute approximate surface area is 146 Å². The molecule has 0 aliphatic rings. The maximum absolute atomic E-state index is 4.76. The Morgan fingerprint density at radius 1 is 1.16 bits per heavy atom. The molecule has 0 amide bonds. The Hall–Kier alpha value is -3.15. The normalized spacial score (nSPS) is 11.1. The van der Waals surface area contributed by atoms with Crippen LogP contribution in [0.5, 0.6) is 0 Å². The quantitative estimate of drug-likeness (QED) is 0.529. The van der Waals surface area contributed by atoms with Gasteiger partial charge in [0.1, 0.15) is 11.5 Å². The lowest BCUT2D eigenvalue weighted by molar-refractivity contribution is 0.660. The summed E-state index contributed by atoms with van der Waals surface area (Å²) in [5, 5.41) is 4.50. The summed E-state index contributed by atoms with van der Waals surface area (Å²) in [6.45, 7) is 3.80. The van der Waals surface area contributed by atoms with E-state index in [-0.39, 0.29) is 0 Å².